The van der Waals surface area contributed by atoms with E-state index < -0.39 is 10.0 Å². The Morgan fingerprint density at radius 2 is 1.83 bits per heavy atom. The van der Waals surface area contributed by atoms with Gasteiger partial charge in [-0.2, -0.15) is 4.31 Å². The van der Waals surface area contributed by atoms with Crippen LogP contribution in [-0.4, -0.2) is 44.7 Å². The standard InChI is InChI=1S/C12H24N2O2S.ClH/c1-13-9-12-7-4-8-14(12)17(15,16)10-11-5-2-3-6-11;/h11-13H,2-10H2,1H3;1H. The first-order chi connectivity index (χ1) is 8.13. The molecule has 6 heteroatoms. The first-order valence-electron chi connectivity index (χ1n) is 6.77. The number of nitrogens with one attached hydrogen (secondary N) is 1. The minimum absolute atomic E-state index is 0. The molecular formula is C12H25ClN2O2S. The van der Waals surface area contributed by atoms with E-state index in [1.54, 1.807) is 4.31 Å². The van der Waals surface area contributed by atoms with Crippen molar-refractivity contribution in [2.24, 2.45) is 5.92 Å². The maximum absolute atomic E-state index is 12.4. The molecule has 4 nitrogen and oxygen atoms in total. The summed E-state index contributed by atoms with van der Waals surface area (Å²) >= 11 is 0. The van der Waals surface area contributed by atoms with Crippen molar-refractivity contribution in [2.75, 3.05) is 25.9 Å². The molecule has 0 aromatic carbocycles. The summed E-state index contributed by atoms with van der Waals surface area (Å²) < 4.78 is 26.5. The van der Waals surface area contributed by atoms with Crippen molar-refractivity contribution in [1.29, 1.82) is 0 Å². The van der Waals surface area contributed by atoms with Crippen LogP contribution in [0.1, 0.15) is 38.5 Å². The number of hydrogen-bond acceptors (Lipinski definition) is 3. The highest BCUT2D eigenvalue weighted by atomic mass is 35.5. The zero-order valence-corrected chi connectivity index (χ0v) is 12.7. The lowest BCUT2D eigenvalue weighted by Crippen LogP contribution is -2.42. The van der Waals surface area contributed by atoms with Crippen molar-refractivity contribution < 1.29 is 8.42 Å². The summed E-state index contributed by atoms with van der Waals surface area (Å²) in [5.74, 6) is 0.795. The lowest BCUT2D eigenvalue weighted by molar-refractivity contribution is 0.374. The highest BCUT2D eigenvalue weighted by Gasteiger charge is 2.35. The zero-order chi connectivity index (χ0) is 12.3. The molecule has 1 saturated carbocycles. The number of hydrogen-bond donors (Lipinski definition) is 1. The summed E-state index contributed by atoms with van der Waals surface area (Å²) in [7, 11) is -1.13. The minimum atomic E-state index is -3.02. The molecule has 1 saturated heterocycles. The molecule has 0 bridgehead atoms. The molecular weight excluding hydrogens is 272 g/mol. The largest absolute Gasteiger partial charge is 0.318 e. The summed E-state index contributed by atoms with van der Waals surface area (Å²) in [6.07, 6.45) is 6.63. The fraction of sp³-hybridized carbons (Fsp3) is 1.00. The van der Waals surface area contributed by atoms with Gasteiger partial charge in [-0.1, -0.05) is 12.8 Å². The Morgan fingerprint density at radius 3 is 2.44 bits per heavy atom. The molecule has 1 aliphatic carbocycles. The van der Waals surface area contributed by atoms with E-state index in [1.165, 1.54) is 12.8 Å². The number of likely N-dealkylation sites (N-methyl/N-ethyl adjacent to an activating group) is 1. The number of sulfonamides is 1. The van der Waals surface area contributed by atoms with Gasteiger partial charge in [-0.25, -0.2) is 8.42 Å². The van der Waals surface area contributed by atoms with Crippen molar-refractivity contribution >= 4 is 22.4 Å². The van der Waals surface area contributed by atoms with Crippen LogP contribution in [-0.2, 0) is 10.0 Å². The quantitative estimate of drug-likeness (QED) is 0.838. The van der Waals surface area contributed by atoms with Crippen molar-refractivity contribution in [3.05, 3.63) is 0 Å². The van der Waals surface area contributed by atoms with E-state index in [4.69, 9.17) is 0 Å². The second kappa shape index (κ2) is 7.08. The van der Waals surface area contributed by atoms with Gasteiger partial charge >= 0.3 is 0 Å². The Bertz CT molecular complexity index is 342. The van der Waals surface area contributed by atoms with Crippen molar-refractivity contribution in [3.8, 4) is 0 Å². The highest BCUT2D eigenvalue weighted by molar-refractivity contribution is 7.89. The molecule has 0 amide bonds. The molecule has 2 aliphatic rings. The molecule has 1 atom stereocenters. The van der Waals surface area contributed by atoms with Gasteiger partial charge in [0.05, 0.1) is 5.75 Å². The Balaban J connectivity index is 0.00000162. The van der Waals surface area contributed by atoms with E-state index in [9.17, 15) is 8.42 Å². The maximum Gasteiger partial charge on any atom is 0.214 e. The molecule has 108 valence electrons. The van der Waals surface area contributed by atoms with Crippen molar-refractivity contribution in [3.63, 3.8) is 0 Å². The molecule has 1 heterocycles. The molecule has 18 heavy (non-hydrogen) atoms. The van der Waals surface area contributed by atoms with E-state index in [1.807, 2.05) is 7.05 Å². The normalized spacial score (nSPS) is 26.4. The molecule has 1 unspecified atom stereocenters. The second-order valence-corrected chi connectivity index (χ2v) is 7.36. The van der Waals surface area contributed by atoms with E-state index in [-0.39, 0.29) is 18.4 Å². The zero-order valence-electron chi connectivity index (χ0n) is 11.1. The smallest absolute Gasteiger partial charge is 0.214 e. The van der Waals surface area contributed by atoms with Crippen LogP contribution >= 0.6 is 12.4 Å². The summed E-state index contributed by atoms with van der Waals surface area (Å²) in [6.45, 7) is 1.51. The fourth-order valence-corrected chi connectivity index (χ4v) is 5.35. The summed E-state index contributed by atoms with van der Waals surface area (Å²) in [6, 6.07) is 0.186. The molecule has 1 N–H and O–H groups in total. The van der Waals surface area contributed by atoms with Gasteiger partial charge < -0.3 is 5.32 Å². The van der Waals surface area contributed by atoms with E-state index in [0.29, 0.717) is 11.7 Å². The predicted octanol–water partition coefficient (Wildman–Crippen LogP) is 1.61. The van der Waals surface area contributed by atoms with Crippen LogP contribution < -0.4 is 5.32 Å². The minimum Gasteiger partial charge on any atom is -0.318 e. The third-order valence-electron chi connectivity index (χ3n) is 4.04. The molecule has 2 fully saturated rings. The Labute approximate surface area is 117 Å². The van der Waals surface area contributed by atoms with Gasteiger partial charge in [0.25, 0.3) is 0 Å². The molecule has 0 radical (unpaired) electrons. The highest BCUT2D eigenvalue weighted by Crippen LogP contribution is 2.29. The lowest BCUT2D eigenvalue weighted by atomic mass is 10.1. The van der Waals surface area contributed by atoms with Gasteiger partial charge in [-0.05, 0) is 38.6 Å². The van der Waals surface area contributed by atoms with Gasteiger partial charge in [-0.15, -0.1) is 12.4 Å². The van der Waals surface area contributed by atoms with E-state index in [0.717, 1.165) is 38.8 Å². The van der Waals surface area contributed by atoms with E-state index in [2.05, 4.69) is 5.32 Å². The van der Waals surface area contributed by atoms with Gasteiger partial charge in [0.1, 0.15) is 0 Å². The van der Waals surface area contributed by atoms with Crippen LogP contribution in [0.5, 0.6) is 0 Å². The predicted molar refractivity (Wildman–Crippen MR) is 76.6 cm³/mol. The third kappa shape index (κ3) is 3.83. The van der Waals surface area contributed by atoms with Crippen molar-refractivity contribution in [2.45, 2.75) is 44.6 Å². The Kier molecular flexibility index (Phi) is 6.38. The molecule has 0 spiro atoms. The van der Waals surface area contributed by atoms with Gasteiger partial charge in [-0.3, -0.25) is 0 Å². The average molecular weight is 297 g/mol. The first kappa shape index (κ1) is 16.2. The first-order valence-corrected chi connectivity index (χ1v) is 8.38. The maximum atomic E-state index is 12.4. The van der Waals surface area contributed by atoms with Gasteiger partial charge in [0.2, 0.25) is 10.0 Å². The molecule has 1 aliphatic heterocycles. The van der Waals surface area contributed by atoms with Crippen molar-refractivity contribution in [1.82, 2.24) is 9.62 Å². The van der Waals surface area contributed by atoms with Gasteiger partial charge in [0.15, 0.2) is 0 Å². The fourth-order valence-electron chi connectivity index (χ4n) is 3.19. The molecule has 2 rings (SSSR count). The lowest BCUT2D eigenvalue weighted by Gasteiger charge is -2.25. The van der Waals surface area contributed by atoms with Crippen LogP contribution in [0.2, 0.25) is 0 Å². The summed E-state index contributed by atoms with van der Waals surface area (Å²) in [5, 5.41) is 3.10. The van der Waals surface area contributed by atoms with Crippen LogP contribution in [0.3, 0.4) is 0 Å². The van der Waals surface area contributed by atoms with Crippen LogP contribution in [0.25, 0.3) is 0 Å². The van der Waals surface area contributed by atoms with Gasteiger partial charge in [0, 0.05) is 19.1 Å². The number of halogens is 1. The Morgan fingerprint density at radius 1 is 1.17 bits per heavy atom. The third-order valence-corrected chi connectivity index (χ3v) is 6.13. The number of rotatable bonds is 5. The van der Waals surface area contributed by atoms with Crippen LogP contribution in [0, 0.1) is 5.92 Å². The topological polar surface area (TPSA) is 49.4 Å². The summed E-state index contributed by atoms with van der Waals surface area (Å²) in [4.78, 5) is 0. The number of nitrogens with zero attached hydrogens (tertiary/aromatic N) is 1. The molecule has 0 aromatic heterocycles. The average Bonchev–Trinajstić information content (AvgIpc) is 2.88. The second-order valence-electron chi connectivity index (χ2n) is 5.39. The molecule has 0 aromatic rings. The monoisotopic (exact) mass is 296 g/mol. The summed E-state index contributed by atoms with van der Waals surface area (Å²) in [5.41, 5.74) is 0. The van der Waals surface area contributed by atoms with E-state index >= 15 is 0 Å². The van der Waals surface area contributed by atoms with Crippen LogP contribution in [0.4, 0.5) is 0 Å². The SMILES string of the molecule is CNCC1CCCN1S(=O)(=O)CC1CCCC1.Cl. The van der Waals surface area contributed by atoms with Crippen LogP contribution in [0.15, 0.2) is 0 Å². The Hall–Kier alpha value is 0.160.